The van der Waals surface area contributed by atoms with Gasteiger partial charge in [0.25, 0.3) is 5.91 Å². The van der Waals surface area contributed by atoms with E-state index in [0.717, 1.165) is 11.4 Å². The average Bonchev–Trinajstić information content (AvgIpc) is 3.07. The van der Waals surface area contributed by atoms with Crippen LogP contribution < -0.4 is 10.2 Å². The first kappa shape index (κ1) is 18.9. The van der Waals surface area contributed by atoms with Crippen molar-refractivity contribution in [3.8, 4) is 5.69 Å². The number of benzene rings is 2. The number of hydrogen-bond acceptors (Lipinski definition) is 4. The van der Waals surface area contributed by atoms with Crippen molar-refractivity contribution >= 4 is 23.2 Å². The highest BCUT2D eigenvalue weighted by molar-refractivity contribution is 6.30. The summed E-state index contributed by atoms with van der Waals surface area (Å²) < 4.78 is 1.61. The molecule has 0 saturated heterocycles. The number of carbonyl (C=O) groups excluding carboxylic acids is 1. The van der Waals surface area contributed by atoms with Crippen molar-refractivity contribution in [3.63, 3.8) is 0 Å². The topological polar surface area (TPSA) is 63.1 Å². The van der Waals surface area contributed by atoms with E-state index in [-0.39, 0.29) is 11.9 Å². The maximum absolute atomic E-state index is 12.6. The van der Waals surface area contributed by atoms with Gasteiger partial charge in [-0.05, 0) is 44.2 Å². The number of para-hydroxylation sites is 1. The molecule has 0 spiro atoms. The lowest BCUT2D eigenvalue weighted by atomic mass is 10.2. The quantitative estimate of drug-likeness (QED) is 0.707. The molecule has 6 nitrogen and oxygen atoms in total. The SMILES string of the molecule is Cc1c(C(=O)NCC(C)N(C)c2ccccc2)nnn1-c1cccc(Cl)c1. The highest BCUT2D eigenvalue weighted by Gasteiger charge is 2.19. The number of likely N-dealkylation sites (N-methyl/N-ethyl adjacent to an activating group) is 1. The molecule has 0 aliphatic carbocycles. The summed E-state index contributed by atoms with van der Waals surface area (Å²) in [5.74, 6) is -0.242. The number of aromatic nitrogens is 3. The van der Waals surface area contributed by atoms with Crippen molar-refractivity contribution in [2.45, 2.75) is 19.9 Å². The number of carbonyl (C=O) groups is 1. The van der Waals surface area contributed by atoms with Crippen molar-refractivity contribution in [1.82, 2.24) is 20.3 Å². The number of rotatable bonds is 6. The first-order chi connectivity index (χ1) is 13.0. The Balaban J connectivity index is 1.67. The second kappa shape index (κ2) is 8.22. The summed E-state index contributed by atoms with van der Waals surface area (Å²) in [6.45, 7) is 4.37. The Kier molecular flexibility index (Phi) is 5.76. The molecule has 1 unspecified atom stereocenters. The van der Waals surface area contributed by atoms with Crippen LogP contribution in [0.25, 0.3) is 5.69 Å². The maximum Gasteiger partial charge on any atom is 0.273 e. The molecule has 7 heteroatoms. The van der Waals surface area contributed by atoms with E-state index in [1.54, 1.807) is 16.8 Å². The van der Waals surface area contributed by atoms with Crippen LogP contribution in [-0.2, 0) is 0 Å². The Morgan fingerprint density at radius 3 is 2.67 bits per heavy atom. The Labute approximate surface area is 163 Å². The fourth-order valence-corrected chi connectivity index (χ4v) is 2.96. The molecule has 0 radical (unpaired) electrons. The summed E-state index contributed by atoms with van der Waals surface area (Å²) in [5, 5.41) is 11.7. The van der Waals surface area contributed by atoms with Crippen LogP contribution in [0.3, 0.4) is 0 Å². The van der Waals surface area contributed by atoms with Crippen LogP contribution >= 0.6 is 11.6 Å². The number of anilines is 1. The summed E-state index contributed by atoms with van der Waals surface area (Å²) in [7, 11) is 2.01. The molecular weight excluding hydrogens is 362 g/mol. The molecule has 27 heavy (non-hydrogen) atoms. The van der Waals surface area contributed by atoms with Crippen LogP contribution in [0.4, 0.5) is 5.69 Å². The summed E-state index contributed by atoms with van der Waals surface area (Å²) in [6.07, 6.45) is 0. The van der Waals surface area contributed by atoms with Gasteiger partial charge in [-0.15, -0.1) is 5.10 Å². The van der Waals surface area contributed by atoms with E-state index in [9.17, 15) is 4.79 Å². The molecule has 1 atom stereocenters. The molecule has 0 aliphatic rings. The highest BCUT2D eigenvalue weighted by atomic mass is 35.5. The van der Waals surface area contributed by atoms with Crippen LogP contribution in [0.2, 0.25) is 5.02 Å². The number of nitrogens with one attached hydrogen (secondary N) is 1. The smallest absolute Gasteiger partial charge is 0.273 e. The van der Waals surface area contributed by atoms with Crippen molar-refractivity contribution in [1.29, 1.82) is 0 Å². The summed E-state index contributed by atoms with van der Waals surface area (Å²) in [5.41, 5.74) is 2.84. The molecule has 1 aromatic heterocycles. The lowest BCUT2D eigenvalue weighted by Crippen LogP contribution is -2.40. The van der Waals surface area contributed by atoms with Crippen LogP contribution in [0.1, 0.15) is 23.1 Å². The van der Waals surface area contributed by atoms with Gasteiger partial charge in [0.2, 0.25) is 0 Å². The molecule has 140 valence electrons. The predicted octanol–water partition coefficient (Wildman–Crippen LogP) is 3.48. The second-order valence-electron chi connectivity index (χ2n) is 6.42. The third-order valence-electron chi connectivity index (χ3n) is 4.55. The first-order valence-corrected chi connectivity index (χ1v) is 9.09. The molecule has 0 aliphatic heterocycles. The van der Waals surface area contributed by atoms with E-state index in [2.05, 4.69) is 27.5 Å². The zero-order chi connectivity index (χ0) is 19.4. The van der Waals surface area contributed by atoms with Crippen molar-refractivity contribution in [3.05, 3.63) is 71.0 Å². The van der Waals surface area contributed by atoms with Gasteiger partial charge in [-0.3, -0.25) is 4.79 Å². The number of amides is 1. The highest BCUT2D eigenvalue weighted by Crippen LogP contribution is 2.17. The Morgan fingerprint density at radius 2 is 1.96 bits per heavy atom. The zero-order valence-electron chi connectivity index (χ0n) is 15.6. The summed E-state index contributed by atoms with van der Waals surface area (Å²) in [4.78, 5) is 14.7. The molecule has 1 N–H and O–H groups in total. The number of halogens is 1. The number of hydrogen-bond donors (Lipinski definition) is 1. The monoisotopic (exact) mass is 383 g/mol. The van der Waals surface area contributed by atoms with Gasteiger partial charge in [-0.2, -0.15) is 0 Å². The van der Waals surface area contributed by atoms with Gasteiger partial charge in [0.05, 0.1) is 11.4 Å². The summed E-state index contributed by atoms with van der Waals surface area (Å²) >= 11 is 6.04. The Morgan fingerprint density at radius 1 is 1.22 bits per heavy atom. The zero-order valence-corrected chi connectivity index (χ0v) is 16.3. The molecule has 3 rings (SSSR count). The normalized spacial score (nSPS) is 11.9. The van der Waals surface area contributed by atoms with Gasteiger partial charge in [0, 0.05) is 30.3 Å². The van der Waals surface area contributed by atoms with Gasteiger partial charge >= 0.3 is 0 Å². The van der Waals surface area contributed by atoms with Crippen LogP contribution in [-0.4, -0.2) is 40.5 Å². The predicted molar refractivity (Wildman–Crippen MR) is 108 cm³/mol. The second-order valence-corrected chi connectivity index (χ2v) is 6.86. The minimum atomic E-state index is -0.242. The molecule has 0 fully saturated rings. The number of nitrogens with zero attached hydrogens (tertiary/aromatic N) is 4. The minimum Gasteiger partial charge on any atom is -0.370 e. The Bertz CT molecular complexity index is 925. The van der Waals surface area contributed by atoms with Gasteiger partial charge in [-0.25, -0.2) is 4.68 Å². The molecular formula is C20H22ClN5O. The third kappa shape index (κ3) is 4.28. The van der Waals surface area contributed by atoms with Crippen LogP contribution in [0.15, 0.2) is 54.6 Å². The lowest BCUT2D eigenvalue weighted by molar-refractivity contribution is 0.0946. The van der Waals surface area contributed by atoms with E-state index >= 15 is 0 Å². The van der Waals surface area contributed by atoms with E-state index in [1.165, 1.54) is 0 Å². The maximum atomic E-state index is 12.6. The van der Waals surface area contributed by atoms with Gasteiger partial charge in [0.1, 0.15) is 0 Å². The molecule has 0 bridgehead atoms. The molecule has 1 heterocycles. The van der Waals surface area contributed by atoms with Crippen molar-refractivity contribution in [2.24, 2.45) is 0 Å². The fourth-order valence-electron chi connectivity index (χ4n) is 2.77. The molecule has 2 aromatic carbocycles. The first-order valence-electron chi connectivity index (χ1n) is 8.71. The Hall–Kier alpha value is -2.86. The van der Waals surface area contributed by atoms with Gasteiger partial charge in [0.15, 0.2) is 5.69 Å². The summed E-state index contributed by atoms with van der Waals surface area (Å²) in [6, 6.07) is 17.4. The largest absolute Gasteiger partial charge is 0.370 e. The van der Waals surface area contributed by atoms with E-state index in [4.69, 9.17) is 11.6 Å². The van der Waals surface area contributed by atoms with Crippen molar-refractivity contribution in [2.75, 3.05) is 18.5 Å². The van der Waals surface area contributed by atoms with E-state index in [1.807, 2.05) is 56.4 Å². The van der Waals surface area contributed by atoms with Crippen molar-refractivity contribution < 1.29 is 4.79 Å². The average molecular weight is 384 g/mol. The molecule has 0 saturated carbocycles. The van der Waals surface area contributed by atoms with Gasteiger partial charge < -0.3 is 10.2 Å². The molecule has 3 aromatic rings. The van der Waals surface area contributed by atoms with Crippen LogP contribution in [0.5, 0.6) is 0 Å². The van der Waals surface area contributed by atoms with E-state index < -0.39 is 0 Å². The standard InChI is InChI=1S/C20H22ClN5O/c1-14(25(3)17-9-5-4-6-10-17)13-22-20(27)19-15(2)26(24-23-19)18-11-7-8-16(21)12-18/h4-12,14H,13H2,1-3H3,(H,22,27). The third-order valence-corrected chi connectivity index (χ3v) is 4.78. The van der Waals surface area contributed by atoms with E-state index in [0.29, 0.717) is 23.0 Å². The molecule has 1 amide bonds. The van der Waals surface area contributed by atoms with Crippen LogP contribution in [0, 0.1) is 6.92 Å². The minimum absolute atomic E-state index is 0.125. The lowest BCUT2D eigenvalue weighted by Gasteiger charge is -2.27. The van der Waals surface area contributed by atoms with Gasteiger partial charge in [-0.1, -0.05) is 41.1 Å². The fraction of sp³-hybridized carbons (Fsp3) is 0.250.